The maximum Gasteiger partial charge on any atom is 0.287 e. The van der Waals surface area contributed by atoms with Gasteiger partial charge in [0.15, 0.2) is 11.2 Å². The molecule has 0 aliphatic carbocycles. The summed E-state index contributed by atoms with van der Waals surface area (Å²) < 4.78 is 10.8. The maximum absolute atomic E-state index is 12.8. The fourth-order valence-corrected chi connectivity index (χ4v) is 5.32. The van der Waals surface area contributed by atoms with Crippen LogP contribution in [0.4, 0.5) is 0 Å². The molecule has 9 nitrogen and oxygen atoms in total. The molecule has 0 atom stereocenters. The molecule has 0 radical (unpaired) electrons. The van der Waals surface area contributed by atoms with Gasteiger partial charge in [0.25, 0.3) is 5.91 Å². The van der Waals surface area contributed by atoms with Crippen LogP contribution in [0.5, 0.6) is 5.75 Å². The summed E-state index contributed by atoms with van der Waals surface area (Å²) in [7, 11) is 1.50. The van der Waals surface area contributed by atoms with Gasteiger partial charge in [0.05, 0.1) is 19.0 Å². The molecule has 0 spiro atoms. The van der Waals surface area contributed by atoms with E-state index >= 15 is 0 Å². The van der Waals surface area contributed by atoms with E-state index in [1.54, 1.807) is 23.1 Å². The van der Waals surface area contributed by atoms with Crippen molar-refractivity contribution in [3.05, 3.63) is 75.6 Å². The van der Waals surface area contributed by atoms with Crippen LogP contribution in [0, 0.1) is 0 Å². The Hall–Kier alpha value is -4.14. The lowest BCUT2D eigenvalue weighted by atomic mass is 9.86. The van der Waals surface area contributed by atoms with Crippen molar-refractivity contribution >= 4 is 28.7 Å². The number of piperidine rings is 1. The van der Waals surface area contributed by atoms with Gasteiger partial charge in [-0.1, -0.05) is 24.3 Å². The molecule has 38 heavy (non-hydrogen) atoms. The number of amides is 3. The van der Waals surface area contributed by atoms with Crippen LogP contribution in [0.15, 0.2) is 57.7 Å². The minimum absolute atomic E-state index is 0.157. The molecule has 0 bridgehead atoms. The van der Waals surface area contributed by atoms with Crippen LogP contribution in [0.3, 0.4) is 0 Å². The molecule has 3 aromatic rings. The minimum atomic E-state index is -0.625. The number of nitrogens with one attached hydrogen (secondary N) is 1. The molecular weight excluding hydrogens is 486 g/mol. The van der Waals surface area contributed by atoms with Crippen LogP contribution in [-0.4, -0.2) is 60.8 Å². The molecular formula is C29H31N3O6. The zero-order valence-corrected chi connectivity index (χ0v) is 21.4. The van der Waals surface area contributed by atoms with Gasteiger partial charge in [-0.3, -0.25) is 19.2 Å². The van der Waals surface area contributed by atoms with Crippen molar-refractivity contribution in [1.82, 2.24) is 15.1 Å². The number of hydrogen-bond donors (Lipinski definition) is 1. The monoisotopic (exact) mass is 517 g/mol. The van der Waals surface area contributed by atoms with E-state index in [0.29, 0.717) is 43.1 Å². The number of methoxy groups -OCH3 is 1. The maximum atomic E-state index is 12.8. The Bertz CT molecular complexity index is 1420. The normalized spacial score (nSPS) is 16.2. The minimum Gasteiger partial charge on any atom is -0.497 e. The standard InChI is InChI=1S/C29H31N3O6/c1-37-21-8-9-23-24(33)16-26(38-25(23)15-21)29(36)30-17-28(35)31-13-10-19(11-14-31)22-6-3-2-5-20(22)18-32-12-4-7-27(32)34/h2-3,5-6,8-9,15-16,19H,4,7,10-14,17-18H2,1H3,(H,30,36). The van der Waals surface area contributed by atoms with E-state index in [2.05, 4.69) is 17.4 Å². The zero-order valence-electron chi connectivity index (χ0n) is 21.4. The fourth-order valence-electron chi connectivity index (χ4n) is 5.32. The molecule has 0 saturated carbocycles. The summed E-state index contributed by atoms with van der Waals surface area (Å²) in [4.78, 5) is 53.7. The number of ether oxygens (including phenoxy) is 1. The van der Waals surface area contributed by atoms with Crippen LogP contribution in [0.1, 0.15) is 53.3 Å². The third-order valence-corrected chi connectivity index (χ3v) is 7.44. The van der Waals surface area contributed by atoms with Crippen molar-refractivity contribution in [1.29, 1.82) is 0 Å². The molecule has 0 unspecified atom stereocenters. The summed E-state index contributed by atoms with van der Waals surface area (Å²) >= 11 is 0. The molecule has 3 heterocycles. The quantitative estimate of drug-likeness (QED) is 0.516. The van der Waals surface area contributed by atoms with E-state index < -0.39 is 5.91 Å². The molecule has 2 saturated heterocycles. The van der Waals surface area contributed by atoms with Crippen molar-refractivity contribution in [3.8, 4) is 5.75 Å². The topological polar surface area (TPSA) is 109 Å². The molecule has 1 aromatic heterocycles. The largest absolute Gasteiger partial charge is 0.497 e. The van der Waals surface area contributed by atoms with E-state index in [-0.39, 0.29) is 35.1 Å². The van der Waals surface area contributed by atoms with Gasteiger partial charge < -0.3 is 24.3 Å². The summed E-state index contributed by atoms with van der Waals surface area (Å²) in [6.45, 7) is 2.43. The third kappa shape index (κ3) is 5.41. The van der Waals surface area contributed by atoms with Crippen molar-refractivity contribution in [2.75, 3.05) is 33.3 Å². The van der Waals surface area contributed by atoms with Crippen LogP contribution in [0.2, 0.25) is 0 Å². The first-order valence-corrected chi connectivity index (χ1v) is 13.0. The zero-order chi connectivity index (χ0) is 26.6. The van der Waals surface area contributed by atoms with Gasteiger partial charge in [-0.25, -0.2) is 0 Å². The lowest BCUT2D eigenvalue weighted by molar-refractivity contribution is -0.131. The summed E-state index contributed by atoms with van der Waals surface area (Å²) in [6.07, 6.45) is 3.17. The summed E-state index contributed by atoms with van der Waals surface area (Å²) in [5.41, 5.74) is 2.32. The number of rotatable bonds is 7. The van der Waals surface area contributed by atoms with Gasteiger partial charge in [-0.05, 0) is 48.4 Å². The summed E-state index contributed by atoms with van der Waals surface area (Å²) in [5, 5.41) is 2.92. The second-order valence-corrected chi connectivity index (χ2v) is 9.79. The Balaban J connectivity index is 1.17. The van der Waals surface area contributed by atoms with Crippen LogP contribution in [-0.2, 0) is 16.1 Å². The highest BCUT2D eigenvalue weighted by atomic mass is 16.5. The van der Waals surface area contributed by atoms with Gasteiger partial charge in [0.1, 0.15) is 11.3 Å². The van der Waals surface area contributed by atoms with Gasteiger partial charge in [-0.2, -0.15) is 0 Å². The van der Waals surface area contributed by atoms with Crippen molar-refractivity contribution < 1.29 is 23.5 Å². The molecule has 9 heteroatoms. The predicted octanol–water partition coefficient (Wildman–Crippen LogP) is 3.06. The van der Waals surface area contributed by atoms with E-state index in [0.717, 1.165) is 31.9 Å². The number of hydrogen-bond acceptors (Lipinski definition) is 6. The number of fused-ring (bicyclic) bond motifs is 1. The average molecular weight is 518 g/mol. The van der Waals surface area contributed by atoms with E-state index in [1.807, 2.05) is 17.0 Å². The number of carbonyl (C=O) groups excluding carboxylic acids is 3. The van der Waals surface area contributed by atoms with Gasteiger partial charge in [-0.15, -0.1) is 0 Å². The second kappa shape index (κ2) is 11.1. The molecule has 198 valence electrons. The SMILES string of the molecule is COc1ccc2c(=O)cc(C(=O)NCC(=O)N3CCC(c4ccccc4CN4CCCC4=O)CC3)oc2c1. The Morgan fingerprint density at radius 1 is 1.05 bits per heavy atom. The van der Waals surface area contributed by atoms with Crippen molar-refractivity contribution in [3.63, 3.8) is 0 Å². The Kier molecular flexibility index (Phi) is 7.44. The van der Waals surface area contributed by atoms with E-state index in [9.17, 15) is 19.2 Å². The number of likely N-dealkylation sites (tertiary alicyclic amines) is 2. The van der Waals surface area contributed by atoms with E-state index in [1.165, 1.54) is 18.2 Å². The van der Waals surface area contributed by atoms with Crippen LogP contribution in [0.25, 0.3) is 11.0 Å². The third-order valence-electron chi connectivity index (χ3n) is 7.44. The van der Waals surface area contributed by atoms with Gasteiger partial charge >= 0.3 is 0 Å². The second-order valence-electron chi connectivity index (χ2n) is 9.79. The number of carbonyl (C=O) groups is 3. The van der Waals surface area contributed by atoms with Crippen LogP contribution < -0.4 is 15.5 Å². The molecule has 2 fully saturated rings. The first-order chi connectivity index (χ1) is 18.4. The highest BCUT2D eigenvalue weighted by Crippen LogP contribution is 2.31. The lowest BCUT2D eigenvalue weighted by Crippen LogP contribution is -2.44. The first kappa shape index (κ1) is 25.5. The molecule has 5 rings (SSSR count). The van der Waals surface area contributed by atoms with Crippen molar-refractivity contribution in [2.45, 2.75) is 38.1 Å². The summed E-state index contributed by atoms with van der Waals surface area (Å²) in [6, 6.07) is 14.2. The van der Waals surface area contributed by atoms with Crippen LogP contribution >= 0.6 is 0 Å². The molecule has 2 aliphatic rings. The fraction of sp³-hybridized carbons (Fsp3) is 0.379. The predicted molar refractivity (Wildman–Crippen MR) is 141 cm³/mol. The highest BCUT2D eigenvalue weighted by molar-refractivity contribution is 5.95. The van der Waals surface area contributed by atoms with E-state index in [4.69, 9.17) is 9.15 Å². The number of benzene rings is 2. The molecule has 1 N–H and O–H groups in total. The summed E-state index contributed by atoms with van der Waals surface area (Å²) in [5.74, 6) is 0.0636. The Morgan fingerprint density at radius 2 is 1.84 bits per heavy atom. The Morgan fingerprint density at radius 3 is 2.58 bits per heavy atom. The highest BCUT2D eigenvalue weighted by Gasteiger charge is 2.27. The van der Waals surface area contributed by atoms with Gasteiger partial charge in [0, 0.05) is 44.7 Å². The Labute approximate surface area is 220 Å². The average Bonchev–Trinajstić information content (AvgIpc) is 3.35. The smallest absolute Gasteiger partial charge is 0.287 e. The van der Waals surface area contributed by atoms with Gasteiger partial charge in [0.2, 0.25) is 11.8 Å². The lowest BCUT2D eigenvalue weighted by Gasteiger charge is -2.33. The first-order valence-electron chi connectivity index (χ1n) is 13.0. The van der Waals surface area contributed by atoms with Crippen molar-refractivity contribution in [2.24, 2.45) is 0 Å². The molecule has 2 aromatic carbocycles. The number of nitrogens with zero attached hydrogens (tertiary/aromatic N) is 2. The molecule has 2 aliphatic heterocycles. The molecule has 3 amide bonds.